The summed E-state index contributed by atoms with van der Waals surface area (Å²) in [7, 11) is 0. The Kier molecular flexibility index (Phi) is 4.80. The second kappa shape index (κ2) is 6.58. The average Bonchev–Trinajstić information content (AvgIpc) is 2.46. The van der Waals surface area contributed by atoms with Crippen molar-refractivity contribution in [3.63, 3.8) is 0 Å². The summed E-state index contributed by atoms with van der Waals surface area (Å²) in [6.07, 6.45) is 0. The molecule has 0 aliphatic rings. The second-order valence-corrected chi connectivity index (χ2v) is 5.51. The molecule has 0 bridgehead atoms. The van der Waals surface area contributed by atoms with Crippen LogP contribution in [0, 0.1) is 18.6 Å². The van der Waals surface area contributed by atoms with Gasteiger partial charge < -0.3 is 10.9 Å². The van der Waals surface area contributed by atoms with E-state index in [9.17, 15) is 8.78 Å². The zero-order valence-electron chi connectivity index (χ0n) is 11.3. The van der Waals surface area contributed by atoms with Gasteiger partial charge in [-0.15, -0.1) is 11.8 Å². The van der Waals surface area contributed by atoms with Crippen LogP contribution in [0.25, 0.3) is 0 Å². The lowest BCUT2D eigenvalue weighted by atomic mass is 10.1. The molecule has 3 N–H and O–H groups in total. The van der Waals surface area contributed by atoms with Gasteiger partial charge in [0.25, 0.3) is 0 Å². The van der Waals surface area contributed by atoms with E-state index < -0.39 is 11.6 Å². The zero-order chi connectivity index (χ0) is 15.4. The highest BCUT2D eigenvalue weighted by Gasteiger charge is 2.07. The third kappa shape index (κ3) is 3.72. The molecule has 0 aromatic heterocycles. The monoisotopic (exact) mass is 308 g/mol. The molecular weight excluding hydrogens is 294 g/mol. The number of nitrogens with zero attached hydrogens (tertiary/aromatic N) is 1. The predicted molar refractivity (Wildman–Crippen MR) is 79.6 cm³/mol. The Morgan fingerprint density at radius 3 is 2.62 bits per heavy atom. The molecule has 2 aromatic rings. The number of oxime groups is 1. The molecule has 2 aromatic carbocycles. The Hall–Kier alpha value is -2.08. The molecule has 0 saturated heterocycles. The predicted octanol–water partition coefficient (Wildman–Crippen LogP) is 3.66. The number of benzene rings is 2. The van der Waals surface area contributed by atoms with Crippen LogP contribution in [0.1, 0.15) is 16.7 Å². The standard InChI is InChI=1S/C15H14F2N2OS/c1-9-6-10(15(18)19-20)2-3-11(9)8-21-14-5-4-12(16)7-13(14)17/h2-7,20H,8H2,1H3,(H2,18,19). The topological polar surface area (TPSA) is 58.6 Å². The number of hydrogen-bond donors (Lipinski definition) is 2. The lowest BCUT2D eigenvalue weighted by Gasteiger charge is -2.08. The van der Waals surface area contributed by atoms with Crippen molar-refractivity contribution in [3.8, 4) is 0 Å². The van der Waals surface area contributed by atoms with Gasteiger partial charge in [-0.2, -0.15) is 0 Å². The molecule has 0 radical (unpaired) electrons. The molecule has 0 aliphatic heterocycles. The lowest BCUT2D eigenvalue weighted by Crippen LogP contribution is -2.13. The van der Waals surface area contributed by atoms with Crippen molar-refractivity contribution in [3.05, 3.63) is 64.7 Å². The summed E-state index contributed by atoms with van der Waals surface area (Å²) in [4.78, 5) is 0.399. The third-order valence-corrected chi connectivity index (χ3v) is 4.12. The number of nitrogens with two attached hydrogens (primary N) is 1. The number of aryl methyl sites for hydroxylation is 1. The van der Waals surface area contributed by atoms with Gasteiger partial charge in [0.1, 0.15) is 11.6 Å². The highest BCUT2D eigenvalue weighted by atomic mass is 32.2. The van der Waals surface area contributed by atoms with Crippen molar-refractivity contribution < 1.29 is 14.0 Å². The molecule has 0 fully saturated rings. The van der Waals surface area contributed by atoms with E-state index >= 15 is 0 Å². The summed E-state index contributed by atoms with van der Waals surface area (Å²) in [6.45, 7) is 1.89. The lowest BCUT2D eigenvalue weighted by molar-refractivity contribution is 0.318. The summed E-state index contributed by atoms with van der Waals surface area (Å²) in [6, 6.07) is 8.91. The van der Waals surface area contributed by atoms with Crippen LogP contribution >= 0.6 is 11.8 Å². The van der Waals surface area contributed by atoms with Crippen molar-refractivity contribution in [2.24, 2.45) is 10.9 Å². The summed E-state index contributed by atoms with van der Waals surface area (Å²) >= 11 is 1.29. The molecular formula is C15H14F2N2OS. The molecule has 2 rings (SSSR count). The van der Waals surface area contributed by atoms with E-state index in [-0.39, 0.29) is 5.84 Å². The van der Waals surface area contributed by atoms with Gasteiger partial charge in [-0.05, 0) is 36.2 Å². The van der Waals surface area contributed by atoms with Gasteiger partial charge in [0.15, 0.2) is 5.84 Å². The van der Waals surface area contributed by atoms with Crippen LogP contribution in [0.5, 0.6) is 0 Å². The van der Waals surface area contributed by atoms with Crippen LogP contribution in [0.2, 0.25) is 0 Å². The van der Waals surface area contributed by atoms with Crippen molar-refractivity contribution in [2.45, 2.75) is 17.6 Å². The van der Waals surface area contributed by atoms with Crippen molar-refractivity contribution in [1.29, 1.82) is 0 Å². The SMILES string of the molecule is Cc1cc(/C(N)=N/O)ccc1CSc1ccc(F)cc1F. The Labute approximate surface area is 125 Å². The first-order valence-corrected chi connectivity index (χ1v) is 7.15. The van der Waals surface area contributed by atoms with Gasteiger partial charge in [-0.25, -0.2) is 8.78 Å². The first-order valence-electron chi connectivity index (χ1n) is 6.16. The van der Waals surface area contributed by atoms with E-state index in [0.717, 1.165) is 17.2 Å². The first kappa shape index (κ1) is 15.3. The Balaban J connectivity index is 2.13. The van der Waals surface area contributed by atoms with Crippen LogP contribution in [0.15, 0.2) is 46.4 Å². The fourth-order valence-corrected chi connectivity index (χ4v) is 2.82. The molecule has 0 amide bonds. The maximum absolute atomic E-state index is 13.5. The largest absolute Gasteiger partial charge is 0.409 e. The fourth-order valence-electron chi connectivity index (χ4n) is 1.82. The van der Waals surface area contributed by atoms with Crippen LogP contribution in [-0.4, -0.2) is 11.0 Å². The summed E-state index contributed by atoms with van der Waals surface area (Å²) in [5.74, 6) is -0.561. The minimum atomic E-state index is -0.587. The molecule has 110 valence electrons. The molecule has 0 spiro atoms. The van der Waals surface area contributed by atoms with Crippen LogP contribution < -0.4 is 5.73 Å². The number of rotatable bonds is 4. The maximum atomic E-state index is 13.5. The van der Waals surface area contributed by atoms with Gasteiger partial charge in [0, 0.05) is 22.3 Å². The molecule has 21 heavy (non-hydrogen) atoms. The van der Waals surface area contributed by atoms with Gasteiger partial charge >= 0.3 is 0 Å². The van der Waals surface area contributed by atoms with E-state index in [4.69, 9.17) is 10.9 Å². The minimum absolute atomic E-state index is 0.0434. The van der Waals surface area contributed by atoms with Gasteiger partial charge in [-0.3, -0.25) is 0 Å². The van der Waals surface area contributed by atoms with E-state index in [2.05, 4.69) is 5.16 Å². The average molecular weight is 308 g/mol. The van der Waals surface area contributed by atoms with Crippen molar-refractivity contribution in [2.75, 3.05) is 0 Å². The van der Waals surface area contributed by atoms with Gasteiger partial charge in [0.05, 0.1) is 0 Å². The fraction of sp³-hybridized carbons (Fsp3) is 0.133. The maximum Gasteiger partial charge on any atom is 0.170 e. The van der Waals surface area contributed by atoms with Gasteiger partial charge in [-0.1, -0.05) is 17.3 Å². The quantitative estimate of drug-likeness (QED) is 0.298. The van der Waals surface area contributed by atoms with Crippen molar-refractivity contribution >= 4 is 17.6 Å². The molecule has 0 saturated carbocycles. The Morgan fingerprint density at radius 2 is 2.00 bits per heavy atom. The molecule has 6 heteroatoms. The zero-order valence-corrected chi connectivity index (χ0v) is 12.1. The highest BCUT2D eigenvalue weighted by molar-refractivity contribution is 7.98. The Morgan fingerprint density at radius 1 is 1.24 bits per heavy atom. The molecule has 0 heterocycles. The van der Waals surface area contributed by atoms with E-state index in [1.807, 2.05) is 13.0 Å². The normalized spacial score (nSPS) is 11.7. The summed E-state index contributed by atoms with van der Waals surface area (Å²) in [5.41, 5.74) is 8.10. The van der Waals surface area contributed by atoms with E-state index in [1.54, 1.807) is 12.1 Å². The highest BCUT2D eigenvalue weighted by Crippen LogP contribution is 2.27. The number of halogens is 2. The molecule has 0 atom stereocenters. The number of amidine groups is 1. The molecule has 0 aliphatic carbocycles. The Bertz CT molecular complexity index is 689. The molecule has 0 unspecified atom stereocenters. The van der Waals surface area contributed by atoms with E-state index in [0.29, 0.717) is 16.2 Å². The smallest absolute Gasteiger partial charge is 0.170 e. The van der Waals surface area contributed by atoms with E-state index in [1.165, 1.54) is 23.9 Å². The van der Waals surface area contributed by atoms with Crippen LogP contribution in [0.3, 0.4) is 0 Å². The number of hydrogen-bond acceptors (Lipinski definition) is 3. The number of thioether (sulfide) groups is 1. The van der Waals surface area contributed by atoms with Crippen LogP contribution in [-0.2, 0) is 5.75 Å². The second-order valence-electron chi connectivity index (χ2n) is 4.49. The minimum Gasteiger partial charge on any atom is -0.409 e. The van der Waals surface area contributed by atoms with Crippen LogP contribution in [0.4, 0.5) is 8.78 Å². The third-order valence-electron chi connectivity index (χ3n) is 3.02. The van der Waals surface area contributed by atoms with Gasteiger partial charge in [0.2, 0.25) is 0 Å². The van der Waals surface area contributed by atoms with Crippen molar-refractivity contribution in [1.82, 2.24) is 0 Å². The summed E-state index contributed by atoms with van der Waals surface area (Å²) in [5, 5.41) is 11.6. The summed E-state index contributed by atoms with van der Waals surface area (Å²) < 4.78 is 26.4. The first-order chi connectivity index (χ1) is 10.0. The molecule has 3 nitrogen and oxygen atoms in total.